The van der Waals surface area contributed by atoms with Crippen molar-refractivity contribution >= 4 is 22.8 Å². The molecular weight excluding hydrogens is 320 g/mol. The van der Waals surface area contributed by atoms with Crippen LogP contribution in [0.15, 0.2) is 57.9 Å². The van der Waals surface area contributed by atoms with E-state index in [0.717, 1.165) is 28.8 Å². The predicted octanol–water partition coefficient (Wildman–Crippen LogP) is 4.12. The third-order valence-corrected chi connectivity index (χ3v) is 4.57. The van der Waals surface area contributed by atoms with Crippen molar-refractivity contribution in [3.05, 3.63) is 60.2 Å². The summed E-state index contributed by atoms with van der Waals surface area (Å²) in [4.78, 5) is 13.6. The van der Waals surface area contributed by atoms with Gasteiger partial charge >= 0.3 is 0 Å². The van der Waals surface area contributed by atoms with Gasteiger partial charge in [0.1, 0.15) is 5.82 Å². The van der Waals surface area contributed by atoms with Gasteiger partial charge in [0.25, 0.3) is 0 Å². The van der Waals surface area contributed by atoms with Gasteiger partial charge in [0.2, 0.25) is 11.7 Å². The number of aryl methyl sites for hydroxylation is 2. The van der Waals surface area contributed by atoms with Crippen LogP contribution in [0.2, 0.25) is 0 Å². The van der Waals surface area contributed by atoms with Crippen LogP contribution < -0.4 is 0 Å². The summed E-state index contributed by atoms with van der Waals surface area (Å²) >= 11 is 1.71. The normalized spacial score (nSPS) is 11.2. The van der Waals surface area contributed by atoms with Gasteiger partial charge in [0.15, 0.2) is 0 Å². The first-order chi connectivity index (χ1) is 11.8. The number of hydrogen-bond acceptors (Lipinski definition) is 5. The number of hydrogen-bond donors (Lipinski definition) is 1. The number of nitrogens with one attached hydrogen (secondary N) is 1. The number of aromatic amines is 1. The Hall–Kier alpha value is -2.60. The molecule has 0 fully saturated rings. The Morgan fingerprint density at radius 2 is 1.83 bits per heavy atom. The van der Waals surface area contributed by atoms with E-state index in [0.29, 0.717) is 18.1 Å². The van der Waals surface area contributed by atoms with E-state index in [1.165, 1.54) is 4.90 Å². The van der Waals surface area contributed by atoms with Gasteiger partial charge in [-0.1, -0.05) is 17.3 Å². The third-order valence-electron chi connectivity index (χ3n) is 3.83. The molecule has 2 aromatic heterocycles. The number of nitrogens with zero attached hydrogens (tertiary/aromatic N) is 3. The Kier molecular flexibility index (Phi) is 4.04. The standard InChI is InChI=1S/C18H16N4OS/c1-24-13-8-6-12(7-9-13)18-21-17(23-22-18)11-10-16-19-14-4-2-3-5-15(14)20-16/h2-9H,10-11H2,1H3,(H,19,20). The Morgan fingerprint density at radius 3 is 2.62 bits per heavy atom. The van der Waals surface area contributed by atoms with Crippen LogP contribution in [-0.4, -0.2) is 26.4 Å². The van der Waals surface area contributed by atoms with Crippen molar-refractivity contribution in [2.24, 2.45) is 0 Å². The minimum absolute atomic E-state index is 0.624. The number of H-pyrrole nitrogens is 1. The second-order valence-corrected chi connectivity index (χ2v) is 6.32. The second-order valence-electron chi connectivity index (χ2n) is 5.44. The van der Waals surface area contributed by atoms with Gasteiger partial charge in [0, 0.05) is 23.3 Å². The highest BCUT2D eigenvalue weighted by atomic mass is 32.2. The molecule has 2 aromatic carbocycles. The van der Waals surface area contributed by atoms with E-state index in [2.05, 4.69) is 38.5 Å². The van der Waals surface area contributed by atoms with E-state index >= 15 is 0 Å². The van der Waals surface area contributed by atoms with Crippen molar-refractivity contribution in [1.82, 2.24) is 20.1 Å². The van der Waals surface area contributed by atoms with Crippen molar-refractivity contribution < 1.29 is 4.52 Å². The zero-order chi connectivity index (χ0) is 16.4. The molecule has 4 aromatic rings. The Bertz CT molecular complexity index is 925. The molecule has 6 heteroatoms. The summed E-state index contributed by atoms with van der Waals surface area (Å²) in [7, 11) is 0. The lowest BCUT2D eigenvalue weighted by molar-refractivity contribution is 0.378. The fourth-order valence-electron chi connectivity index (χ4n) is 2.56. The highest BCUT2D eigenvalue weighted by molar-refractivity contribution is 7.98. The van der Waals surface area contributed by atoms with Crippen LogP contribution in [0.3, 0.4) is 0 Å². The maximum absolute atomic E-state index is 5.36. The molecule has 0 unspecified atom stereocenters. The molecule has 0 amide bonds. The largest absolute Gasteiger partial charge is 0.342 e. The molecule has 0 aliphatic rings. The average Bonchev–Trinajstić information content (AvgIpc) is 3.26. The Labute approximate surface area is 143 Å². The fourth-order valence-corrected chi connectivity index (χ4v) is 2.97. The minimum Gasteiger partial charge on any atom is -0.342 e. The molecule has 0 aliphatic heterocycles. The number of para-hydroxylation sites is 2. The van der Waals surface area contributed by atoms with Gasteiger partial charge in [-0.2, -0.15) is 4.98 Å². The molecule has 24 heavy (non-hydrogen) atoms. The second kappa shape index (κ2) is 6.49. The molecular formula is C18H16N4OS. The maximum Gasteiger partial charge on any atom is 0.227 e. The first kappa shape index (κ1) is 15.0. The van der Waals surface area contributed by atoms with Crippen molar-refractivity contribution in [2.75, 3.05) is 6.26 Å². The predicted molar refractivity (Wildman–Crippen MR) is 95.0 cm³/mol. The molecule has 4 rings (SSSR count). The van der Waals surface area contributed by atoms with Crippen LogP contribution in [0.25, 0.3) is 22.4 Å². The lowest BCUT2D eigenvalue weighted by atomic mass is 10.2. The molecule has 0 atom stereocenters. The van der Waals surface area contributed by atoms with Gasteiger partial charge in [-0.05, 0) is 42.7 Å². The van der Waals surface area contributed by atoms with Gasteiger partial charge in [0.05, 0.1) is 11.0 Å². The van der Waals surface area contributed by atoms with E-state index in [1.807, 2.05) is 36.4 Å². The van der Waals surface area contributed by atoms with E-state index in [4.69, 9.17) is 4.52 Å². The van der Waals surface area contributed by atoms with Crippen LogP contribution in [0.5, 0.6) is 0 Å². The monoisotopic (exact) mass is 336 g/mol. The molecule has 0 radical (unpaired) electrons. The van der Waals surface area contributed by atoms with E-state index in [-0.39, 0.29) is 0 Å². The molecule has 5 nitrogen and oxygen atoms in total. The minimum atomic E-state index is 0.624. The van der Waals surface area contributed by atoms with Crippen LogP contribution in [-0.2, 0) is 12.8 Å². The molecule has 1 N–H and O–H groups in total. The highest BCUT2D eigenvalue weighted by Gasteiger charge is 2.10. The number of imidazole rings is 1. The number of rotatable bonds is 5. The lowest BCUT2D eigenvalue weighted by Crippen LogP contribution is -1.93. The van der Waals surface area contributed by atoms with Crippen molar-refractivity contribution in [2.45, 2.75) is 17.7 Å². The number of benzene rings is 2. The van der Waals surface area contributed by atoms with Crippen LogP contribution >= 0.6 is 11.8 Å². The van der Waals surface area contributed by atoms with Crippen molar-refractivity contribution in [1.29, 1.82) is 0 Å². The summed E-state index contributed by atoms with van der Waals surface area (Å²) in [5.41, 5.74) is 2.99. The molecule has 0 spiro atoms. The van der Waals surface area contributed by atoms with E-state index in [1.54, 1.807) is 11.8 Å². The fraction of sp³-hybridized carbons (Fsp3) is 0.167. The molecule has 2 heterocycles. The first-order valence-electron chi connectivity index (χ1n) is 7.72. The molecule has 0 saturated heterocycles. The summed E-state index contributed by atoms with van der Waals surface area (Å²) in [5, 5.41) is 4.07. The maximum atomic E-state index is 5.36. The van der Waals surface area contributed by atoms with Crippen molar-refractivity contribution in [3.63, 3.8) is 0 Å². The van der Waals surface area contributed by atoms with Crippen LogP contribution in [0, 0.1) is 0 Å². The summed E-state index contributed by atoms with van der Waals surface area (Å²) in [5.74, 6) is 2.18. The molecule has 120 valence electrons. The number of aromatic nitrogens is 4. The van der Waals surface area contributed by atoms with Gasteiger partial charge in [-0.25, -0.2) is 4.98 Å². The van der Waals surface area contributed by atoms with Gasteiger partial charge < -0.3 is 9.51 Å². The summed E-state index contributed by atoms with van der Waals surface area (Å²) in [6.45, 7) is 0. The smallest absolute Gasteiger partial charge is 0.227 e. The summed E-state index contributed by atoms with van der Waals surface area (Å²) < 4.78 is 5.36. The molecule has 0 bridgehead atoms. The Morgan fingerprint density at radius 1 is 1.00 bits per heavy atom. The van der Waals surface area contributed by atoms with Crippen LogP contribution in [0.4, 0.5) is 0 Å². The Balaban J connectivity index is 1.46. The van der Waals surface area contributed by atoms with Gasteiger partial charge in [-0.15, -0.1) is 11.8 Å². The zero-order valence-corrected chi connectivity index (χ0v) is 14.0. The highest BCUT2D eigenvalue weighted by Crippen LogP contribution is 2.21. The zero-order valence-electron chi connectivity index (χ0n) is 13.2. The van der Waals surface area contributed by atoms with Crippen molar-refractivity contribution in [3.8, 4) is 11.4 Å². The summed E-state index contributed by atoms with van der Waals surface area (Å²) in [6.07, 6.45) is 3.46. The first-order valence-corrected chi connectivity index (χ1v) is 8.95. The summed E-state index contributed by atoms with van der Waals surface area (Å²) in [6, 6.07) is 16.2. The SMILES string of the molecule is CSc1ccc(-c2noc(CCc3nc4ccccc4[nH]3)n2)cc1. The van der Waals surface area contributed by atoms with E-state index in [9.17, 15) is 0 Å². The van der Waals surface area contributed by atoms with Gasteiger partial charge in [-0.3, -0.25) is 0 Å². The number of thioether (sulfide) groups is 1. The third kappa shape index (κ3) is 3.05. The van der Waals surface area contributed by atoms with E-state index < -0.39 is 0 Å². The van der Waals surface area contributed by atoms with Crippen LogP contribution in [0.1, 0.15) is 11.7 Å². The average molecular weight is 336 g/mol. The quantitative estimate of drug-likeness (QED) is 0.555. The number of fused-ring (bicyclic) bond motifs is 1. The molecule has 0 aliphatic carbocycles. The topological polar surface area (TPSA) is 67.6 Å². The lowest BCUT2D eigenvalue weighted by Gasteiger charge is -1.96. The molecule has 0 saturated carbocycles.